The van der Waals surface area contributed by atoms with Crippen molar-refractivity contribution in [3.63, 3.8) is 0 Å². The highest BCUT2D eigenvalue weighted by Crippen LogP contribution is 2.14. The first-order chi connectivity index (χ1) is 10.2. The number of ether oxygens (including phenoxy) is 1. The molecule has 1 aliphatic heterocycles. The van der Waals surface area contributed by atoms with E-state index in [0.717, 1.165) is 18.9 Å². The van der Waals surface area contributed by atoms with Gasteiger partial charge in [-0.25, -0.2) is 0 Å². The summed E-state index contributed by atoms with van der Waals surface area (Å²) in [5.74, 6) is 1.42. The molecule has 1 aliphatic rings. The maximum Gasteiger partial charge on any atom is 0.240 e. The van der Waals surface area contributed by atoms with E-state index in [-0.39, 0.29) is 12.2 Å². The molecule has 5 heteroatoms. The molecule has 2 heterocycles. The van der Waals surface area contributed by atoms with Gasteiger partial charge in [-0.15, -0.1) is 0 Å². The molecule has 1 aromatic heterocycles. The van der Waals surface area contributed by atoms with Gasteiger partial charge in [0.25, 0.3) is 0 Å². The zero-order valence-electron chi connectivity index (χ0n) is 12.5. The summed E-state index contributed by atoms with van der Waals surface area (Å²) in [7, 11) is 0. The molecule has 2 aromatic rings. The number of hydrogen-bond acceptors (Lipinski definition) is 5. The van der Waals surface area contributed by atoms with Crippen molar-refractivity contribution in [3.8, 4) is 0 Å². The zero-order chi connectivity index (χ0) is 14.7. The summed E-state index contributed by atoms with van der Waals surface area (Å²) in [5, 5.41) is 4.07. The fraction of sp³-hybridized carbons (Fsp3) is 0.500. The van der Waals surface area contributed by atoms with Gasteiger partial charge in [-0.2, -0.15) is 4.98 Å². The largest absolute Gasteiger partial charge is 0.373 e. The van der Waals surface area contributed by atoms with Crippen LogP contribution in [0.3, 0.4) is 0 Å². The average molecular weight is 287 g/mol. The minimum atomic E-state index is 0.250. The van der Waals surface area contributed by atoms with Crippen LogP contribution < -0.4 is 0 Å². The van der Waals surface area contributed by atoms with Crippen molar-refractivity contribution >= 4 is 0 Å². The third-order valence-corrected chi connectivity index (χ3v) is 3.57. The van der Waals surface area contributed by atoms with Crippen molar-refractivity contribution in [2.24, 2.45) is 0 Å². The standard InChI is InChI=1S/C16H21N3O2/c1-12-9-19(10-13(2)20-12)11-16-17-15(18-21-16)8-14-6-4-3-5-7-14/h3-7,12-13H,8-11H2,1-2H3/t12-,13-/m1/s1. The number of aromatic nitrogens is 2. The van der Waals surface area contributed by atoms with E-state index in [1.165, 1.54) is 5.56 Å². The van der Waals surface area contributed by atoms with E-state index in [0.29, 0.717) is 18.9 Å². The Labute approximate surface area is 124 Å². The maximum absolute atomic E-state index is 5.73. The third-order valence-electron chi connectivity index (χ3n) is 3.57. The van der Waals surface area contributed by atoms with E-state index in [4.69, 9.17) is 9.26 Å². The van der Waals surface area contributed by atoms with Crippen LogP contribution in [0, 0.1) is 0 Å². The van der Waals surface area contributed by atoms with Crippen molar-refractivity contribution in [1.29, 1.82) is 0 Å². The summed E-state index contributed by atoms with van der Waals surface area (Å²) in [4.78, 5) is 6.79. The van der Waals surface area contributed by atoms with E-state index >= 15 is 0 Å². The van der Waals surface area contributed by atoms with Crippen LogP contribution in [-0.4, -0.2) is 40.3 Å². The first-order valence-corrected chi connectivity index (χ1v) is 7.42. The molecule has 0 radical (unpaired) electrons. The summed E-state index contributed by atoms with van der Waals surface area (Å²) in [6.07, 6.45) is 1.21. The molecule has 0 unspecified atom stereocenters. The van der Waals surface area contributed by atoms with Crippen LogP contribution in [0.25, 0.3) is 0 Å². The second kappa shape index (κ2) is 6.37. The minimum absolute atomic E-state index is 0.250. The fourth-order valence-electron chi connectivity index (χ4n) is 2.81. The van der Waals surface area contributed by atoms with Crippen molar-refractivity contribution in [2.75, 3.05) is 13.1 Å². The molecule has 1 aromatic carbocycles. The molecule has 0 spiro atoms. The molecular formula is C16H21N3O2. The molecule has 21 heavy (non-hydrogen) atoms. The summed E-state index contributed by atoms with van der Waals surface area (Å²) in [6.45, 7) is 6.69. The van der Waals surface area contributed by atoms with Crippen molar-refractivity contribution in [1.82, 2.24) is 15.0 Å². The van der Waals surface area contributed by atoms with Crippen LogP contribution in [0.4, 0.5) is 0 Å². The van der Waals surface area contributed by atoms with Crippen molar-refractivity contribution in [2.45, 2.75) is 39.0 Å². The highest BCUT2D eigenvalue weighted by atomic mass is 16.5. The fourth-order valence-corrected chi connectivity index (χ4v) is 2.81. The van der Waals surface area contributed by atoms with Crippen LogP contribution in [0.1, 0.15) is 31.1 Å². The predicted molar refractivity (Wildman–Crippen MR) is 78.8 cm³/mol. The highest BCUT2D eigenvalue weighted by molar-refractivity contribution is 5.18. The molecule has 0 amide bonds. The zero-order valence-corrected chi connectivity index (χ0v) is 12.5. The van der Waals surface area contributed by atoms with Gasteiger partial charge in [0.15, 0.2) is 5.82 Å². The molecule has 5 nitrogen and oxygen atoms in total. The lowest BCUT2D eigenvalue weighted by atomic mass is 10.1. The predicted octanol–water partition coefficient (Wildman–Crippen LogP) is 2.27. The third kappa shape index (κ3) is 3.89. The molecule has 0 N–H and O–H groups in total. The Balaban J connectivity index is 1.60. The van der Waals surface area contributed by atoms with Gasteiger partial charge in [0.1, 0.15) is 0 Å². The van der Waals surface area contributed by atoms with Crippen LogP contribution in [0.5, 0.6) is 0 Å². The van der Waals surface area contributed by atoms with Gasteiger partial charge in [-0.1, -0.05) is 35.5 Å². The van der Waals surface area contributed by atoms with Crippen LogP contribution in [0.2, 0.25) is 0 Å². The van der Waals surface area contributed by atoms with Gasteiger partial charge >= 0.3 is 0 Å². The normalized spacial score (nSPS) is 23.3. The molecule has 2 atom stereocenters. The topological polar surface area (TPSA) is 51.4 Å². The Morgan fingerprint density at radius 1 is 1.14 bits per heavy atom. The van der Waals surface area contributed by atoms with Gasteiger partial charge in [-0.05, 0) is 19.4 Å². The summed E-state index contributed by atoms with van der Waals surface area (Å²) in [5.41, 5.74) is 1.19. The molecule has 112 valence electrons. The molecule has 1 saturated heterocycles. The quantitative estimate of drug-likeness (QED) is 0.863. The van der Waals surface area contributed by atoms with E-state index in [9.17, 15) is 0 Å². The first-order valence-electron chi connectivity index (χ1n) is 7.42. The van der Waals surface area contributed by atoms with Crippen molar-refractivity contribution in [3.05, 3.63) is 47.6 Å². The van der Waals surface area contributed by atoms with E-state index < -0.39 is 0 Å². The van der Waals surface area contributed by atoms with Gasteiger partial charge in [0.2, 0.25) is 5.89 Å². The van der Waals surface area contributed by atoms with Crippen LogP contribution >= 0.6 is 0 Å². The van der Waals surface area contributed by atoms with Gasteiger partial charge in [0.05, 0.1) is 18.8 Å². The second-order valence-electron chi connectivity index (χ2n) is 5.72. The van der Waals surface area contributed by atoms with Crippen LogP contribution in [-0.2, 0) is 17.7 Å². The van der Waals surface area contributed by atoms with Gasteiger partial charge < -0.3 is 9.26 Å². The molecule has 0 saturated carbocycles. The molecule has 0 bridgehead atoms. The smallest absolute Gasteiger partial charge is 0.240 e. The Morgan fingerprint density at radius 2 is 1.86 bits per heavy atom. The van der Waals surface area contributed by atoms with E-state index in [2.05, 4.69) is 41.0 Å². The summed E-state index contributed by atoms with van der Waals surface area (Å²) < 4.78 is 11.1. The lowest BCUT2D eigenvalue weighted by molar-refractivity contribution is -0.0725. The highest BCUT2D eigenvalue weighted by Gasteiger charge is 2.23. The lowest BCUT2D eigenvalue weighted by Crippen LogP contribution is -2.44. The number of rotatable bonds is 4. The van der Waals surface area contributed by atoms with Crippen LogP contribution in [0.15, 0.2) is 34.9 Å². The number of hydrogen-bond donors (Lipinski definition) is 0. The monoisotopic (exact) mass is 287 g/mol. The molecule has 1 fully saturated rings. The van der Waals surface area contributed by atoms with Gasteiger partial charge in [0, 0.05) is 19.5 Å². The Hall–Kier alpha value is -1.72. The number of benzene rings is 1. The number of morpholine rings is 1. The Morgan fingerprint density at radius 3 is 2.57 bits per heavy atom. The van der Waals surface area contributed by atoms with E-state index in [1.54, 1.807) is 0 Å². The molecule has 3 rings (SSSR count). The Kier molecular flexibility index (Phi) is 4.31. The first kappa shape index (κ1) is 14.2. The summed E-state index contributed by atoms with van der Waals surface area (Å²) in [6, 6.07) is 10.2. The van der Waals surface area contributed by atoms with Crippen molar-refractivity contribution < 1.29 is 9.26 Å². The molecule has 0 aliphatic carbocycles. The van der Waals surface area contributed by atoms with Gasteiger partial charge in [-0.3, -0.25) is 4.90 Å². The SMILES string of the molecule is C[C@@H]1CN(Cc2nc(Cc3ccccc3)no2)C[C@@H](C)O1. The maximum atomic E-state index is 5.73. The Bertz CT molecular complexity index is 560. The lowest BCUT2D eigenvalue weighted by Gasteiger charge is -2.34. The minimum Gasteiger partial charge on any atom is -0.373 e. The second-order valence-corrected chi connectivity index (χ2v) is 5.72. The van der Waals surface area contributed by atoms with E-state index in [1.807, 2.05) is 18.2 Å². The average Bonchev–Trinajstić information content (AvgIpc) is 2.86. The number of nitrogens with zero attached hydrogens (tertiary/aromatic N) is 3. The summed E-state index contributed by atoms with van der Waals surface area (Å²) >= 11 is 0. The molecular weight excluding hydrogens is 266 g/mol.